The molecule has 17 heteroatoms. The van der Waals surface area contributed by atoms with E-state index in [4.69, 9.17) is 19.9 Å². The summed E-state index contributed by atoms with van der Waals surface area (Å²) in [6.07, 6.45) is -10.7. The van der Waals surface area contributed by atoms with E-state index in [0.717, 1.165) is 29.3 Å². The summed E-state index contributed by atoms with van der Waals surface area (Å²) in [5.74, 6) is -3.08. The summed E-state index contributed by atoms with van der Waals surface area (Å²) in [6.45, 7) is 0.460. The molecule has 0 radical (unpaired) electrons. The van der Waals surface area contributed by atoms with Crippen LogP contribution in [0.3, 0.4) is 0 Å². The van der Waals surface area contributed by atoms with Crippen molar-refractivity contribution in [3.05, 3.63) is 44.9 Å². The fraction of sp³-hybridized carbons (Fsp3) is 0.591. The van der Waals surface area contributed by atoms with Crippen LogP contribution in [0, 0.1) is 0 Å². The average molecular weight is 555 g/mol. The van der Waals surface area contributed by atoms with Gasteiger partial charge in [0.2, 0.25) is 18.1 Å². The van der Waals surface area contributed by atoms with Crippen molar-refractivity contribution in [2.24, 2.45) is 5.73 Å². The summed E-state index contributed by atoms with van der Waals surface area (Å²) in [5.41, 5.74) is 3.71. The van der Waals surface area contributed by atoms with E-state index < -0.39 is 89.9 Å². The summed E-state index contributed by atoms with van der Waals surface area (Å²) in [7, 11) is 0. The summed E-state index contributed by atoms with van der Waals surface area (Å²) < 4.78 is 17.1. The lowest BCUT2D eigenvalue weighted by molar-refractivity contribution is -0.240. The zero-order chi connectivity index (χ0) is 28.4. The first-order valence-corrected chi connectivity index (χ1v) is 12.1. The summed E-state index contributed by atoms with van der Waals surface area (Å²) in [6, 6.07) is 0.0906. The van der Waals surface area contributed by atoms with Crippen LogP contribution < -0.4 is 27.6 Å². The lowest BCUT2D eigenvalue weighted by Crippen LogP contribution is -2.54. The molecule has 214 valence electrons. The van der Waals surface area contributed by atoms with Crippen LogP contribution in [-0.2, 0) is 28.6 Å². The van der Waals surface area contributed by atoms with Crippen molar-refractivity contribution in [1.82, 2.24) is 20.2 Å². The number of aromatic nitrogens is 2. The van der Waals surface area contributed by atoms with E-state index >= 15 is 0 Å². The van der Waals surface area contributed by atoms with E-state index in [1.54, 1.807) is 0 Å². The molecule has 39 heavy (non-hydrogen) atoms. The third-order valence-corrected chi connectivity index (χ3v) is 6.52. The third kappa shape index (κ3) is 6.02. The number of hydrogen-bond acceptors (Lipinski definition) is 12. The smallest absolute Gasteiger partial charge is 0.330 e. The second-order valence-electron chi connectivity index (χ2n) is 9.26. The number of aromatic amines is 1. The minimum atomic E-state index is -1.93. The molecule has 0 spiro atoms. The molecule has 4 heterocycles. The first kappa shape index (κ1) is 28.4. The minimum Gasteiger partial charge on any atom is -0.456 e. The number of aliphatic hydroxyl groups excluding tert-OH is 4. The Hall–Kier alpha value is -3.61. The molecular weight excluding hydrogens is 526 g/mol. The molecular formula is C22H29N5O12. The Morgan fingerprint density at radius 3 is 2.56 bits per heavy atom. The fourth-order valence-corrected chi connectivity index (χ4v) is 4.44. The lowest BCUT2D eigenvalue weighted by Gasteiger charge is -2.34. The molecule has 17 nitrogen and oxygen atoms in total. The highest BCUT2D eigenvalue weighted by Crippen LogP contribution is 2.32. The van der Waals surface area contributed by atoms with Crippen molar-refractivity contribution in [3.63, 3.8) is 0 Å². The second-order valence-corrected chi connectivity index (χ2v) is 9.26. The van der Waals surface area contributed by atoms with E-state index in [9.17, 15) is 44.4 Å². The summed E-state index contributed by atoms with van der Waals surface area (Å²) >= 11 is 0. The Labute approximate surface area is 219 Å². The van der Waals surface area contributed by atoms with Gasteiger partial charge in [0, 0.05) is 18.8 Å². The van der Waals surface area contributed by atoms with E-state index in [1.807, 2.05) is 4.98 Å². The van der Waals surface area contributed by atoms with Crippen molar-refractivity contribution in [2.75, 3.05) is 6.54 Å². The average Bonchev–Trinajstić information content (AvgIpc) is 3.02. The van der Waals surface area contributed by atoms with Gasteiger partial charge in [0.25, 0.3) is 11.5 Å². The van der Waals surface area contributed by atoms with Gasteiger partial charge in [0.05, 0.1) is 0 Å². The van der Waals surface area contributed by atoms with Crippen molar-refractivity contribution in [3.8, 4) is 0 Å². The van der Waals surface area contributed by atoms with Crippen LogP contribution in [0.15, 0.2) is 33.7 Å². The molecule has 2 fully saturated rings. The number of carbonyl (C=O) groups is 3. The Morgan fingerprint density at radius 2 is 1.87 bits per heavy atom. The van der Waals surface area contributed by atoms with Crippen LogP contribution in [-0.4, -0.2) is 103 Å². The highest BCUT2D eigenvalue weighted by atomic mass is 16.7. The minimum absolute atomic E-state index is 0.360. The molecule has 0 bridgehead atoms. The predicted octanol–water partition coefficient (Wildman–Crippen LogP) is -5.23. The molecule has 3 amide bonds. The van der Waals surface area contributed by atoms with Crippen LogP contribution >= 0.6 is 0 Å². The third-order valence-electron chi connectivity index (χ3n) is 6.52. The fourth-order valence-electron chi connectivity index (χ4n) is 4.44. The molecule has 3 aliphatic heterocycles. The molecule has 3 unspecified atom stereocenters. The lowest BCUT2D eigenvalue weighted by atomic mass is 10.0. The monoisotopic (exact) mass is 555 g/mol. The van der Waals surface area contributed by atoms with E-state index in [-0.39, 0.29) is 0 Å². The number of carbonyl (C=O) groups excluding carboxylic acids is 3. The van der Waals surface area contributed by atoms with Gasteiger partial charge in [-0.15, -0.1) is 0 Å². The van der Waals surface area contributed by atoms with Crippen molar-refractivity contribution in [1.29, 1.82) is 0 Å². The molecule has 0 aliphatic carbocycles. The highest BCUT2D eigenvalue weighted by molar-refractivity contribution is 5.95. The number of nitrogens with one attached hydrogen (secondary N) is 3. The molecule has 1 aromatic rings. The van der Waals surface area contributed by atoms with Crippen LogP contribution in [0.1, 0.15) is 25.5 Å². The quantitative estimate of drug-likeness (QED) is 0.157. The maximum atomic E-state index is 12.8. The van der Waals surface area contributed by atoms with Gasteiger partial charge < -0.3 is 51.0 Å². The predicted molar refractivity (Wildman–Crippen MR) is 125 cm³/mol. The normalized spacial score (nSPS) is 33.7. The maximum Gasteiger partial charge on any atom is 0.330 e. The number of H-pyrrole nitrogens is 1. The van der Waals surface area contributed by atoms with Crippen LogP contribution in [0.25, 0.3) is 0 Å². The van der Waals surface area contributed by atoms with E-state index in [0.29, 0.717) is 19.4 Å². The van der Waals surface area contributed by atoms with Gasteiger partial charge >= 0.3 is 5.69 Å². The summed E-state index contributed by atoms with van der Waals surface area (Å²) in [4.78, 5) is 62.6. The van der Waals surface area contributed by atoms with E-state index in [2.05, 4.69) is 10.6 Å². The molecule has 2 saturated heterocycles. The van der Waals surface area contributed by atoms with Crippen LogP contribution in [0.2, 0.25) is 0 Å². The maximum absolute atomic E-state index is 12.8. The number of primary amides is 1. The number of amides is 3. The van der Waals surface area contributed by atoms with Crippen molar-refractivity contribution < 1.29 is 49.0 Å². The SMILES string of the molecule is NC(=O)C(O[C@H]1OC(C(=O)N[C@H]2CCCCNC2=O)=C[C@H](O)[C@@H]1O)[C@H]1O[C@@H](n2ccc(=O)[nH]c2=O)C(O)C1O. The van der Waals surface area contributed by atoms with Gasteiger partial charge in [0.1, 0.15) is 36.6 Å². The number of ether oxygens (including phenoxy) is 3. The van der Waals surface area contributed by atoms with Crippen LogP contribution in [0.5, 0.6) is 0 Å². The van der Waals surface area contributed by atoms with Gasteiger partial charge in [-0.1, -0.05) is 0 Å². The largest absolute Gasteiger partial charge is 0.456 e. The Bertz CT molecular complexity index is 1250. The Morgan fingerprint density at radius 1 is 1.13 bits per heavy atom. The molecule has 9 N–H and O–H groups in total. The topological polar surface area (TPSA) is 265 Å². The number of nitrogens with zero attached hydrogens (tertiary/aromatic N) is 1. The molecule has 9 atom stereocenters. The number of aliphatic hydroxyl groups is 4. The van der Waals surface area contributed by atoms with Gasteiger partial charge in [-0.25, -0.2) is 4.79 Å². The Balaban J connectivity index is 1.50. The highest BCUT2D eigenvalue weighted by Gasteiger charge is 2.51. The second kappa shape index (κ2) is 11.6. The first-order valence-electron chi connectivity index (χ1n) is 12.1. The Kier molecular flexibility index (Phi) is 8.48. The van der Waals surface area contributed by atoms with Crippen LogP contribution in [0.4, 0.5) is 0 Å². The number of nitrogens with two attached hydrogens (primary N) is 1. The van der Waals surface area contributed by atoms with Gasteiger partial charge in [-0.05, 0) is 25.3 Å². The summed E-state index contributed by atoms with van der Waals surface area (Å²) in [5, 5.41) is 46.8. The van der Waals surface area contributed by atoms with Gasteiger partial charge in [-0.2, -0.15) is 0 Å². The molecule has 0 saturated carbocycles. The number of hydrogen-bond donors (Lipinski definition) is 8. The molecule has 1 aromatic heterocycles. The number of rotatable bonds is 7. The van der Waals surface area contributed by atoms with Gasteiger partial charge in [0.15, 0.2) is 18.1 Å². The van der Waals surface area contributed by atoms with Gasteiger partial charge in [-0.3, -0.25) is 28.7 Å². The van der Waals surface area contributed by atoms with E-state index in [1.165, 1.54) is 0 Å². The van der Waals surface area contributed by atoms with Crippen molar-refractivity contribution in [2.45, 2.75) is 74.4 Å². The van der Waals surface area contributed by atoms with Crippen molar-refractivity contribution >= 4 is 17.7 Å². The standard InChI is InChI=1S/C22H29N5O12/c23-17(33)16(15-13(31)14(32)20(38-15)27-6-4-11(29)26-22(27)36)39-21-12(30)9(28)7-10(37-21)19(35)25-8-3-1-2-5-24-18(8)34/h4,6-9,12-16,20-21,28,30-32H,1-3,5H2,(H2,23,33)(H,24,34)(H,25,35)(H,26,29,36)/t8-,9-,12-,13?,14?,15-,16?,20+,21+/m0/s1. The molecule has 4 rings (SSSR count). The molecule has 0 aromatic carbocycles. The first-order chi connectivity index (χ1) is 18.5. The zero-order valence-electron chi connectivity index (χ0n) is 20.3. The zero-order valence-corrected chi connectivity index (χ0v) is 20.3. The molecule has 3 aliphatic rings.